The van der Waals surface area contributed by atoms with Crippen molar-refractivity contribution < 1.29 is 0 Å². The number of nitrogen functional groups attached to an aromatic ring is 1. The first-order valence-corrected chi connectivity index (χ1v) is 8.85. The van der Waals surface area contributed by atoms with Gasteiger partial charge in [0.2, 0.25) is 0 Å². The van der Waals surface area contributed by atoms with Crippen LogP contribution in [0.1, 0.15) is 25.5 Å². The molecule has 27 heavy (non-hydrogen) atoms. The number of imidazole rings is 1. The van der Waals surface area contributed by atoms with Crippen molar-refractivity contribution in [1.82, 2.24) is 24.5 Å². The fourth-order valence-corrected chi connectivity index (χ4v) is 2.91. The van der Waals surface area contributed by atoms with Gasteiger partial charge in [0.25, 0.3) is 0 Å². The second-order valence-electron chi connectivity index (χ2n) is 6.65. The third-order valence-electron chi connectivity index (χ3n) is 4.31. The van der Waals surface area contributed by atoms with E-state index in [-0.39, 0.29) is 6.04 Å². The Hall–Kier alpha value is -3.48. The minimum absolute atomic E-state index is 0.241. The molecule has 0 radical (unpaired) electrons. The normalized spacial score (nSPS) is 11.2. The van der Waals surface area contributed by atoms with Gasteiger partial charge in [-0.1, -0.05) is 18.2 Å². The van der Waals surface area contributed by atoms with E-state index >= 15 is 0 Å². The largest absolute Gasteiger partial charge is 0.399 e. The van der Waals surface area contributed by atoms with Gasteiger partial charge in [-0.3, -0.25) is 4.98 Å². The monoisotopic (exact) mass is 359 g/mol. The van der Waals surface area contributed by atoms with Crippen molar-refractivity contribution in [3.05, 3.63) is 60.7 Å². The van der Waals surface area contributed by atoms with Crippen molar-refractivity contribution in [3.8, 4) is 11.4 Å². The van der Waals surface area contributed by atoms with Crippen molar-refractivity contribution in [2.24, 2.45) is 0 Å². The zero-order valence-corrected chi connectivity index (χ0v) is 15.3. The molecule has 4 aromatic rings. The first kappa shape index (κ1) is 17.0. The molecule has 1 aromatic carbocycles. The molecule has 0 saturated heterocycles. The number of benzene rings is 1. The summed E-state index contributed by atoms with van der Waals surface area (Å²) in [7, 11) is 0. The lowest BCUT2D eigenvalue weighted by Crippen LogP contribution is -2.06. The number of nitrogens with zero attached hydrogens (tertiary/aromatic N) is 5. The highest BCUT2D eigenvalue weighted by molar-refractivity contribution is 5.85. The summed E-state index contributed by atoms with van der Waals surface area (Å²) in [5.74, 6) is 1.31. The highest BCUT2D eigenvalue weighted by Crippen LogP contribution is 2.27. The molecule has 0 atom stereocenters. The van der Waals surface area contributed by atoms with Crippen LogP contribution in [0.3, 0.4) is 0 Å². The van der Waals surface area contributed by atoms with Gasteiger partial charge in [-0.25, -0.2) is 15.0 Å². The quantitative estimate of drug-likeness (QED) is 0.528. The summed E-state index contributed by atoms with van der Waals surface area (Å²) in [5, 5.41) is 3.38. The molecule has 0 spiro atoms. The Morgan fingerprint density at radius 1 is 1.15 bits per heavy atom. The predicted molar refractivity (Wildman–Crippen MR) is 107 cm³/mol. The van der Waals surface area contributed by atoms with Crippen LogP contribution >= 0.6 is 0 Å². The van der Waals surface area contributed by atoms with E-state index in [4.69, 9.17) is 15.7 Å². The number of nitrogens with one attached hydrogen (secondary N) is 1. The number of anilines is 2. The van der Waals surface area contributed by atoms with Gasteiger partial charge in [-0.05, 0) is 37.6 Å². The fourth-order valence-electron chi connectivity index (χ4n) is 2.91. The number of hydrogen-bond donors (Lipinski definition) is 2. The van der Waals surface area contributed by atoms with E-state index in [1.165, 1.54) is 0 Å². The molecule has 7 heteroatoms. The summed E-state index contributed by atoms with van der Waals surface area (Å²) in [6, 6.07) is 11.8. The van der Waals surface area contributed by atoms with Crippen molar-refractivity contribution in [2.45, 2.75) is 26.4 Å². The summed E-state index contributed by atoms with van der Waals surface area (Å²) in [6.07, 6.45) is 5.40. The maximum absolute atomic E-state index is 5.94. The summed E-state index contributed by atoms with van der Waals surface area (Å²) in [5.41, 5.74) is 10.1. The minimum Gasteiger partial charge on any atom is -0.399 e. The molecule has 0 fully saturated rings. The zero-order chi connectivity index (χ0) is 18.8. The molecule has 0 aliphatic heterocycles. The third-order valence-corrected chi connectivity index (χ3v) is 4.31. The maximum Gasteiger partial charge on any atom is 0.166 e. The summed E-state index contributed by atoms with van der Waals surface area (Å²) in [6.45, 7) is 4.81. The molecular weight excluding hydrogens is 338 g/mol. The molecule has 0 aliphatic rings. The van der Waals surface area contributed by atoms with E-state index in [0.717, 1.165) is 22.3 Å². The summed E-state index contributed by atoms with van der Waals surface area (Å²) < 4.78 is 2.04. The van der Waals surface area contributed by atoms with E-state index < -0.39 is 0 Å². The van der Waals surface area contributed by atoms with Crippen molar-refractivity contribution in [1.29, 1.82) is 0 Å². The molecule has 0 saturated carbocycles. The van der Waals surface area contributed by atoms with Crippen molar-refractivity contribution in [3.63, 3.8) is 0 Å². The number of aromatic nitrogens is 5. The van der Waals surface area contributed by atoms with Crippen molar-refractivity contribution >= 4 is 22.7 Å². The molecule has 0 amide bonds. The molecule has 0 aliphatic carbocycles. The fraction of sp³-hybridized carbons (Fsp3) is 0.200. The van der Waals surface area contributed by atoms with Gasteiger partial charge < -0.3 is 15.6 Å². The van der Waals surface area contributed by atoms with Crippen LogP contribution in [0.25, 0.3) is 22.6 Å². The molecule has 4 rings (SSSR count). The smallest absolute Gasteiger partial charge is 0.166 e. The van der Waals surface area contributed by atoms with Gasteiger partial charge in [0, 0.05) is 36.2 Å². The Labute approximate surface area is 157 Å². The second-order valence-corrected chi connectivity index (χ2v) is 6.65. The molecule has 3 aromatic heterocycles. The van der Waals surface area contributed by atoms with Gasteiger partial charge in [-0.15, -0.1) is 0 Å². The van der Waals surface area contributed by atoms with Crippen LogP contribution in [0.4, 0.5) is 11.5 Å². The highest BCUT2D eigenvalue weighted by atomic mass is 15.2. The Balaban J connectivity index is 1.80. The van der Waals surface area contributed by atoms with Gasteiger partial charge in [0.1, 0.15) is 5.52 Å². The molecule has 7 nitrogen and oxygen atoms in total. The molecule has 3 N–H and O–H groups in total. The molecule has 136 valence electrons. The van der Waals surface area contributed by atoms with Gasteiger partial charge in [0.05, 0.1) is 6.33 Å². The van der Waals surface area contributed by atoms with Crippen LogP contribution < -0.4 is 11.1 Å². The number of fused-ring (bicyclic) bond motifs is 1. The van der Waals surface area contributed by atoms with E-state index in [1.54, 1.807) is 6.20 Å². The Kier molecular flexibility index (Phi) is 4.42. The van der Waals surface area contributed by atoms with Crippen LogP contribution in [-0.4, -0.2) is 24.5 Å². The Morgan fingerprint density at radius 3 is 2.78 bits per heavy atom. The van der Waals surface area contributed by atoms with Gasteiger partial charge in [-0.2, -0.15) is 0 Å². The lowest BCUT2D eigenvalue weighted by Gasteiger charge is -2.11. The molecular formula is C20H21N7. The highest BCUT2D eigenvalue weighted by Gasteiger charge is 2.16. The average molecular weight is 359 g/mol. The maximum atomic E-state index is 5.94. The van der Waals surface area contributed by atoms with Crippen LogP contribution in [0.5, 0.6) is 0 Å². The molecule has 0 bridgehead atoms. The van der Waals surface area contributed by atoms with Gasteiger partial charge in [0.15, 0.2) is 17.3 Å². The Bertz CT molecular complexity index is 1070. The van der Waals surface area contributed by atoms with E-state index in [1.807, 2.05) is 53.5 Å². The van der Waals surface area contributed by atoms with Crippen LogP contribution in [-0.2, 0) is 6.54 Å². The standard InChI is InChI=1S/C20H21N7/c1-13(2)27-12-24-17-19(23-11-14-5-4-8-22-10-14)25-18(26-20(17)27)15-6-3-7-16(21)9-15/h3-10,12-13H,11,21H2,1-2H3,(H,23,25,26). The van der Waals surface area contributed by atoms with E-state index in [0.29, 0.717) is 23.9 Å². The molecule has 0 unspecified atom stereocenters. The number of hydrogen-bond acceptors (Lipinski definition) is 6. The average Bonchev–Trinajstić information content (AvgIpc) is 3.11. The molecule has 3 heterocycles. The Morgan fingerprint density at radius 2 is 2.04 bits per heavy atom. The van der Waals surface area contributed by atoms with Crippen molar-refractivity contribution in [2.75, 3.05) is 11.1 Å². The topological polar surface area (TPSA) is 94.5 Å². The lowest BCUT2D eigenvalue weighted by atomic mass is 10.2. The van der Waals surface area contributed by atoms with Crippen LogP contribution in [0.15, 0.2) is 55.1 Å². The van der Waals surface area contributed by atoms with E-state index in [9.17, 15) is 0 Å². The number of rotatable bonds is 5. The van der Waals surface area contributed by atoms with Crippen LogP contribution in [0.2, 0.25) is 0 Å². The summed E-state index contributed by atoms with van der Waals surface area (Å²) >= 11 is 0. The number of nitrogens with two attached hydrogens (primary N) is 1. The third kappa shape index (κ3) is 3.44. The summed E-state index contributed by atoms with van der Waals surface area (Å²) in [4.78, 5) is 18.2. The predicted octanol–water partition coefficient (Wildman–Crippen LogP) is 3.66. The van der Waals surface area contributed by atoms with Gasteiger partial charge >= 0.3 is 0 Å². The SMILES string of the molecule is CC(C)n1cnc2c(NCc3cccnc3)nc(-c3cccc(N)c3)nc21. The minimum atomic E-state index is 0.241. The first-order chi connectivity index (χ1) is 13.1. The second kappa shape index (κ2) is 7.03. The first-order valence-electron chi connectivity index (χ1n) is 8.85. The zero-order valence-electron chi connectivity index (χ0n) is 15.3. The van der Waals surface area contributed by atoms with E-state index in [2.05, 4.69) is 29.1 Å². The number of pyridine rings is 1. The lowest BCUT2D eigenvalue weighted by molar-refractivity contribution is 0.613. The van der Waals surface area contributed by atoms with Crippen LogP contribution in [0, 0.1) is 0 Å².